The van der Waals surface area contributed by atoms with Gasteiger partial charge < -0.3 is 21.1 Å². The lowest BCUT2D eigenvalue weighted by atomic mass is 9.84. The van der Waals surface area contributed by atoms with Crippen molar-refractivity contribution in [2.45, 2.75) is 76.4 Å². The molecule has 2 heterocycles. The Morgan fingerprint density at radius 3 is 2.55 bits per heavy atom. The number of amides is 2. The zero-order valence-corrected chi connectivity index (χ0v) is 19.8. The van der Waals surface area contributed by atoms with Gasteiger partial charge in [-0.05, 0) is 43.7 Å². The average Bonchev–Trinajstić information content (AvgIpc) is 3.30. The topological polar surface area (TPSA) is 149 Å². The van der Waals surface area contributed by atoms with Crippen molar-refractivity contribution >= 4 is 35.0 Å². The molecule has 1 aromatic heterocycles. The van der Waals surface area contributed by atoms with Crippen LogP contribution in [0.25, 0.3) is 0 Å². The van der Waals surface area contributed by atoms with Crippen LogP contribution in [-0.2, 0) is 20.9 Å². The number of likely N-dealkylation sites (tertiary alicyclic amines) is 1. The van der Waals surface area contributed by atoms with Gasteiger partial charge in [0.2, 0.25) is 11.8 Å². The number of carbonyl (C=O) groups is 3. The molecular weight excluding hydrogens is 442 g/mol. The zero-order valence-electron chi connectivity index (χ0n) is 19.0. The Kier molecular flexibility index (Phi) is 9.25. The number of nitrogens with one attached hydrogen (secondary N) is 3. The van der Waals surface area contributed by atoms with Crippen LogP contribution in [0.4, 0.5) is 0 Å². The summed E-state index contributed by atoms with van der Waals surface area (Å²) in [6.45, 7) is 0.545. The minimum absolute atomic E-state index is 0.000465. The fourth-order valence-electron chi connectivity index (χ4n) is 4.82. The van der Waals surface area contributed by atoms with Crippen LogP contribution in [0.1, 0.15) is 67.5 Å². The lowest BCUT2D eigenvalue weighted by Gasteiger charge is -2.38. The molecule has 0 bridgehead atoms. The summed E-state index contributed by atoms with van der Waals surface area (Å²) < 4.78 is 0. The van der Waals surface area contributed by atoms with Crippen LogP contribution in [0.15, 0.2) is 12.1 Å². The number of hydrogen-bond acceptors (Lipinski definition) is 6. The second-order valence-electron chi connectivity index (χ2n) is 9.01. The summed E-state index contributed by atoms with van der Waals surface area (Å²) in [6, 6.07) is 2.45. The summed E-state index contributed by atoms with van der Waals surface area (Å²) in [4.78, 5) is 40.9. The van der Waals surface area contributed by atoms with Gasteiger partial charge in [0, 0.05) is 11.4 Å². The molecule has 2 aliphatic rings. The predicted octanol–water partition coefficient (Wildman–Crippen LogP) is 2.04. The Hall–Kier alpha value is -2.46. The van der Waals surface area contributed by atoms with Crippen molar-refractivity contribution in [1.82, 2.24) is 15.5 Å². The third-order valence-corrected chi connectivity index (χ3v) is 7.66. The molecule has 0 radical (unpaired) electrons. The molecule has 1 saturated carbocycles. The van der Waals surface area contributed by atoms with Gasteiger partial charge in [-0.2, -0.15) is 0 Å². The highest BCUT2D eigenvalue weighted by Crippen LogP contribution is 2.29. The minimum Gasteiger partial charge on any atom is -0.480 e. The first kappa shape index (κ1) is 25.2. The number of amidine groups is 1. The quantitative estimate of drug-likeness (QED) is 0.257. The highest BCUT2D eigenvalue weighted by molar-refractivity contribution is 7.14. The molecule has 6 N–H and O–H groups in total. The SMILES string of the molecule is N=C(N)c1ccc(CNC(=O)C2CCCCN2C(=O)C(CC2CCCCC2)NCC(=O)O)s1. The number of piperidine rings is 1. The van der Waals surface area contributed by atoms with Crippen LogP contribution in [-0.4, -0.2) is 58.8 Å². The Bertz CT molecular complexity index is 852. The van der Waals surface area contributed by atoms with Gasteiger partial charge >= 0.3 is 5.97 Å². The Labute approximate surface area is 198 Å². The summed E-state index contributed by atoms with van der Waals surface area (Å²) in [5, 5.41) is 22.5. The molecule has 2 fully saturated rings. The largest absolute Gasteiger partial charge is 0.480 e. The maximum absolute atomic E-state index is 13.5. The van der Waals surface area contributed by atoms with E-state index in [9.17, 15) is 14.4 Å². The molecular formula is C23H35N5O4S. The molecule has 0 spiro atoms. The normalized spacial score (nSPS) is 20.2. The van der Waals surface area contributed by atoms with E-state index in [1.165, 1.54) is 17.8 Å². The number of nitrogen functional groups attached to an aromatic ring is 1. The number of rotatable bonds is 10. The molecule has 2 unspecified atom stereocenters. The van der Waals surface area contributed by atoms with Crippen molar-refractivity contribution < 1.29 is 19.5 Å². The van der Waals surface area contributed by atoms with Crippen LogP contribution >= 0.6 is 11.3 Å². The molecule has 1 aliphatic heterocycles. The Morgan fingerprint density at radius 1 is 1.15 bits per heavy atom. The van der Waals surface area contributed by atoms with Gasteiger partial charge in [-0.15, -0.1) is 11.3 Å². The van der Waals surface area contributed by atoms with E-state index in [4.69, 9.17) is 16.2 Å². The lowest BCUT2D eigenvalue weighted by Crippen LogP contribution is -2.57. The van der Waals surface area contributed by atoms with Gasteiger partial charge in [0.1, 0.15) is 11.9 Å². The second-order valence-corrected chi connectivity index (χ2v) is 10.2. The van der Waals surface area contributed by atoms with E-state index in [1.54, 1.807) is 11.0 Å². The highest BCUT2D eigenvalue weighted by atomic mass is 32.1. The lowest BCUT2D eigenvalue weighted by molar-refractivity contribution is -0.145. The van der Waals surface area contributed by atoms with Crippen LogP contribution in [0.3, 0.4) is 0 Å². The molecule has 10 heteroatoms. The van der Waals surface area contributed by atoms with Crippen molar-refractivity contribution in [3.63, 3.8) is 0 Å². The number of nitrogens with zero attached hydrogens (tertiary/aromatic N) is 1. The predicted molar refractivity (Wildman–Crippen MR) is 127 cm³/mol. The number of nitrogens with two attached hydrogens (primary N) is 1. The standard InChI is InChI=1S/C23H35N5O4S/c24-21(25)19-10-9-16(33-19)13-27-22(31)18-8-4-5-11-28(18)23(32)17(26-14-20(29)30)12-15-6-2-1-3-7-15/h9-10,15,17-18,26H,1-8,11-14H2,(H3,24,25)(H,27,31)(H,29,30). The molecule has 3 rings (SSSR count). The van der Waals surface area contributed by atoms with Crippen molar-refractivity contribution in [1.29, 1.82) is 5.41 Å². The fraction of sp³-hybridized carbons (Fsp3) is 0.652. The minimum atomic E-state index is -0.995. The van der Waals surface area contributed by atoms with Crippen molar-refractivity contribution in [2.24, 2.45) is 11.7 Å². The summed E-state index contributed by atoms with van der Waals surface area (Å²) in [7, 11) is 0. The van der Waals surface area contributed by atoms with Crippen molar-refractivity contribution in [3.05, 3.63) is 21.9 Å². The van der Waals surface area contributed by atoms with Crippen LogP contribution in [0.2, 0.25) is 0 Å². The van der Waals surface area contributed by atoms with Gasteiger partial charge in [-0.25, -0.2) is 0 Å². The third kappa shape index (κ3) is 7.26. The van der Waals surface area contributed by atoms with Gasteiger partial charge in [-0.1, -0.05) is 32.1 Å². The van der Waals surface area contributed by atoms with E-state index in [-0.39, 0.29) is 24.2 Å². The first-order valence-electron chi connectivity index (χ1n) is 11.8. The van der Waals surface area contributed by atoms with Crippen LogP contribution in [0, 0.1) is 11.3 Å². The smallest absolute Gasteiger partial charge is 0.317 e. The van der Waals surface area contributed by atoms with E-state index in [0.29, 0.717) is 36.7 Å². The van der Waals surface area contributed by atoms with Crippen molar-refractivity contribution in [3.8, 4) is 0 Å². The number of hydrogen-bond donors (Lipinski definition) is 5. The van der Waals surface area contributed by atoms with Gasteiger partial charge in [0.15, 0.2) is 0 Å². The van der Waals surface area contributed by atoms with E-state index in [1.807, 2.05) is 6.07 Å². The molecule has 33 heavy (non-hydrogen) atoms. The monoisotopic (exact) mass is 477 g/mol. The van der Waals surface area contributed by atoms with Gasteiger partial charge in [-0.3, -0.25) is 25.1 Å². The van der Waals surface area contributed by atoms with E-state index in [2.05, 4.69) is 10.6 Å². The Balaban J connectivity index is 1.65. The van der Waals surface area contributed by atoms with Crippen LogP contribution < -0.4 is 16.4 Å². The maximum atomic E-state index is 13.5. The van der Waals surface area contributed by atoms with Crippen LogP contribution in [0.5, 0.6) is 0 Å². The number of carbonyl (C=O) groups excluding carboxylic acids is 2. The summed E-state index contributed by atoms with van der Waals surface area (Å²) >= 11 is 1.36. The third-order valence-electron chi connectivity index (χ3n) is 6.54. The van der Waals surface area contributed by atoms with E-state index in [0.717, 1.165) is 43.4 Å². The molecule has 1 aliphatic carbocycles. The average molecular weight is 478 g/mol. The first-order valence-corrected chi connectivity index (χ1v) is 12.6. The van der Waals surface area contributed by atoms with Crippen molar-refractivity contribution in [2.75, 3.05) is 13.1 Å². The molecule has 0 aromatic carbocycles. The van der Waals surface area contributed by atoms with Gasteiger partial charge in [0.05, 0.1) is 24.0 Å². The second kappa shape index (κ2) is 12.1. The maximum Gasteiger partial charge on any atom is 0.317 e. The number of thiophene rings is 1. The number of aliphatic carboxylic acids is 1. The number of carboxylic acid groups (broad SMARTS) is 1. The molecule has 1 aromatic rings. The molecule has 182 valence electrons. The first-order chi connectivity index (χ1) is 15.8. The van der Waals surface area contributed by atoms with Gasteiger partial charge in [0.25, 0.3) is 0 Å². The zero-order chi connectivity index (χ0) is 23.8. The highest BCUT2D eigenvalue weighted by Gasteiger charge is 2.36. The van der Waals surface area contributed by atoms with E-state index >= 15 is 0 Å². The fourth-order valence-corrected chi connectivity index (χ4v) is 5.62. The summed E-state index contributed by atoms with van der Waals surface area (Å²) in [5.74, 6) is -0.961. The molecule has 9 nitrogen and oxygen atoms in total. The Morgan fingerprint density at radius 2 is 1.88 bits per heavy atom. The summed E-state index contributed by atoms with van der Waals surface area (Å²) in [5.41, 5.74) is 5.51. The number of carboxylic acids is 1. The molecule has 1 saturated heterocycles. The molecule has 2 atom stereocenters. The summed E-state index contributed by atoms with van der Waals surface area (Å²) in [6.07, 6.45) is 8.53. The van der Waals surface area contributed by atoms with E-state index < -0.39 is 18.1 Å². The molecule has 2 amide bonds.